The molecule has 0 aliphatic carbocycles. The monoisotopic (exact) mass is 390 g/mol. The van der Waals surface area contributed by atoms with E-state index in [4.69, 9.17) is 4.18 Å². The van der Waals surface area contributed by atoms with E-state index in [1.807, 2.05) is 12.1 Å². The van der Waals surface area contributed by atoms with E-state index in [0.29, 0.717) is 11.6 Å². The van der Waals surface area contributed by atoms with E-state index in [0.717, 1.165) is 25.9 Å². The van der Waals surface area contributed by atoms with Crippen molar-refractivity contribution in [2.75, 3.05) is 18.0 Å². The van der Waals surface area contributed by atoms with Crippen LogP contribution in [0.4, 0.5) is 11.4 Å². The molecule has 8 heteroatoms. The van der Waals surface area contributed by atoms with Crippen molar-refractivity contribution in [3.8, 4) is 5.75 Å². The Hall–Kier alpha value is -2.61. The number of piperidine rings is 1. The van der Waals surface area contributed by atoms with E-state index >= 15 is 0 Å². The van der Waals surface area contributed by atoms with E-state index < -0.39 is 25.6 Å². The third kappa shape index (κ3) is 4.05. The molecule has 2 aromatic carbocycles. The Balaban J connectivity index is 2.00. The summed E-state index contributed by atoms with van der Waals surface area (Å²) in [5, 5.41) is 11.3. The zero-order valence-corrected chi connectivity index (χ0v) is 16.1. The Morgan fingerprint density at radius 2 is 1.93 bits per heavy atom. The average molecular weight is 390 g/mol. The lowest BCUT2D eigenvalue weighted by molar-refractivity contribution is -0.388. The van der Waals surface area contributed by atoms with Gasteiger partial charge in [0.25, 0.3) is 5.69 Å². The minimum atomic E-state index is -4.36. The molecule has 0 aromatic heterocycles. The highest BCUT2D eigenvalue weighted by Crippen LogP contribution is 2.35. The summed E-state index contributed by atoms with van der Waals surface area (Å²) in [5.41, 5.74) is 0.469. The number of nitro benzene ring substituents is 1. The van der Waals surface area contributed by atoms with Crippen molar-refractivity contribution in [1.29, 1.82) is 0 Å². The van der Waals surface area contributed by atoms with Crippen LogP contribution in [0.15, 0.2) is 47.4 Å². The van der Waals surface area contributed by atoms with Crippen LogP contribution in [0.2, 0.25) is 0 Å². The van der Waals surface area contributed by atoms with Crippen LogP contribution in [0.5, 0.6) is 5.75 Å². The van der Waals surface area contributed by atoms with Crippen molar-refractivity contribution in [2.45, 2.75) is 31.6 Å². The van der Waals surface area contributed by atoms with E-state index in [2.05, 4.69) is 11.8 Å². The first kappa shape index (κ1) is 19.2. The molecule has 27 heavy (non-hydrogen) atoms. The molecule has 0 saturated carbocycles. The Kier molecular flexibility index (Phi) is 5.36. The molecule has 0 unspecified atom stereocenters. The average Bonchev–Trinajstić information content (AvgIpc) is 2.61. The molecule has 0 bridgehead atoms. The lowest BCUT2D eigenvalue weighted by atomic mass is 10.00. The summed E-state index contributed by atoms with van der Waals surface area (Å²) in [6.07, 6.45) is 2.15. The van der Waals surface area contributed by atoms with Gasteiger partial charge in [0.05, 0.1) is 10.6 Å². The SMILES string of the molecule is Cc1cccc([N+](=O)[O-])c1S(=O)(=O)Oc1ccccc1N1CCC[C@@H](C)C1. The molecule has 2 aromatic rings. The fourth-order valence-corrected chi connectivity index (χ4v) is 4.78. The molecule has 1 atom stereocenters. The summed E-state index contributed by atoms with van der Waals surface area (Å²) in [4.78, 5) is 12.3. The molecule has 7 nitrogen and oxygen atoms in total. The van der Waals surface area contributed by atoms with Crippen molar-refractivity contribution >= 4 is 21.5 Å². The number of nitrogens with zero attached hydrogens (tertiary/aromatic N) is 2. The van der Waals surface area contributed by atoms with Crippen molar-refractivity contribution in [1.82, 2.24) is 0 Å². The molecule has 144 valence electrons. The highest BCUT2D eigenvalue weighted by Gasteiger charge is 2.31. The number of para-hydroxylation sites is 2. The summed E-state index contributed by atoms with van der Waals surface area (Å²) in [6.45, 7) is 5.30. The van der Waals surface area contributed by atoms with Gasteiger partial charge in [0.2, 0.25) is 0 Å². The van der Waals surface area contributed by atoms with E-state index in [9.17, 15) is 18.5 Å². The summed E-state index contributed by atoms with van der Waals surface area (Å²) in [5.74, 6) is 0.685. The van der Waals surface area contributed by atoms with Crippen LogP contribution >= 0.6 is 0 Å². The van der Waals surface area contributed by atoms with Gasteiger partial charge in [-0.15, -0.1) is 0 Å². The molecule has 0 N–H and O–H groups in total. The predicted octanol–water partition coefficient (Wildman–Crippen LogP) is 3.91. The summed E-state index contributed by atoms with van der Waals surface area (Å²) in [6, 6.07) is 11.0. The first-order chi connectivity index (χ1) is 12.8. The lowest BCUT2D eigenvalue weighted by Crippen LogP contribution is -2.34. The molecular weight excluding hydrogens is 368 g/mol. The van der Waals surface area contributed by atoms with Gasteiger partial charge in [0, 0.05) is 19.2 Å². The molecular formula is C19H22N2O5S. The molecule has 3 rings (SSSR count). The summed E-state index contributed by atoms with van der Waals surface area (Å²) in [7, 11) is -4.36. The van der Waals surface area contributed by atoms with Gasteiger partial charge in [-0.05, 0) is 43.4 Å². The van der Waals surface area contributed by atoms with Crippen LogP contribution in [0.25, 0.3) is 0 Å². The second-order valence-corrected chi connectivity index (χ2v) is 8.36. The van der Waals surface area contributed by atoms with Gasteiger partial charge in [-0.1, -0.05) is 31.2 Å². The van der Waals surface area contributed by atoms with Gasteiger partial charge < -0.3 is 9.08 Å². The smallest absolute Gasteiger partial charge is 0.346 e. The quantitative estimate of drug-likeness (QED) is 0.437. The van der Waals surface area contributed by atoms with Gasteiger partial charge in [0.1, 0.15) is 0 Å². The number of hydrogen-bond donors (Lipinski definition) is 0. The second-order valence-electron chi connectivity index (χ2n) is 6.88. The van der Waals surface area contributed by atoms with Crippen molar-refractivity contribution in [2.24, 2.45) is 5.92 Å². The standard InChI is InChI=1S/C19H22N2O5S/c1-14-7-6-12-20(13-14)16-9-3-4-11-18(16)26-27(24,25)19-15(2)8-5-10-17(19)21(22)23/h3-5,8-11,14H,6-7,12-13H2,1-2H3/t14-/m1/s1. The van der Waals surface area contributed by atoms with Crippen LogP contribution < -0.4 is 9.08 Å². The third-order valence-electron chi connectivity index (χ3n) is 4.70. The zero-order valence-electron chi connectivity index (χ0n) is 15.3. The van der Waals surface area contributed by atoms with Gasteiger partial charge in [-0.2, -0.15) is 8.42 Å². The second kappa shape index (κ2) is 7.56. The molecule has 1 fully saturated rings. The topological polar surface area (TPSA) is 89.8 Å². The first-order valence-electron chi connectivity index (χ1n) is 8.82. The van der Waals surface area contributed by atoms with Crippen LogP contribution in [-0.2, 0) is 10.1 Å². The number of benzene rings is 2. The van der Waals surface area contributed by atoms with Crippen LogP contribution in [0.3, 0.4) is 0 Å². The zero-order chi connectivity index (χ0) is 19.6. The molecule has 0 spiro atoms. The van der Waals surface area contributed by atoms with E-state index in [-0.39, 0.29) is 11.3 Å². The Morgan fingerprint density at radius 1 is 1.19 bits per heavy atom. The molecule has 1 saturated heterocycles. The highest BCUT2D eigenvalue weighted by molar-refractivity contribution is 7.87. The number of anilines is 1. The van der Waals surface area contributed by atoms with E-state index in [1.54, 1.807) is 12.1 Å². The van der Waals surface area contributed by atoms with Gasteiger partial charge in [-0.3, -0.25) is 10.1 Å². The highest BCUT2D eigenvalue weighted by atomic mass is 32.2. The van der Waals surface area contributed by atoms with Crippen molar-refractivity contribution < 1.29 is 17.5 Å². The third-order valence-corrected chi connectivity index (χ3v) is 6.13. The van der Waals surface area contributed by atoms with Gasteiger partial charge >= 0.3 is 10.1 Å². The Labute approximate surface area is 158 Å². The minimum absolute atomic E-state index is 0.184. The van der Waals surface area contributed by atoms with Crippen LogP contribution in [0, 0.1) is 23.0 Å². The van der Waals surface area contributed by atoms with Crippen LogP contribution in [0.1, 0.15) is 25.3 Å². The van der Waals surface area contributed by atoms with Crippen LogP contribution in [-0.4, -0.2) is 26.4 Å². The fourth-order valence-electron chi connectivity index (χ4n) is 3.46. The largest absolute Gasteiger partial charge is 0.377 e. The molecule has 0 radical (unpaired) electrons. The fraction of sp³-hybridized carbons (Fsp3) is 0.368. The van der Waals surface area contributed by atoms with Gasteiger partial charge in [0.15, 0.2) is 10.6 Å². The molecule has 0 amide bonds. The summed E-state index contributed by atoms with van der Waals surface area (Å²) < 4.78 is 31.2. The number of aryl methyl sites for hydroxylation is 1. The molecule has 1 aliphatic rings. The molecule has 1 aliphatic heterocycles. The number of rotatable bonds is 5. The van der Waals surface area contributed by atoms with Crippen molar-refractivity contribution in [3.05, 3.63) is 58.1 Å². The first-order valence-corrected chi connectivity index (χ1v) is 10.2. The Bertz CT molecular complexity index is 958. The number of nitro groups is 1. The predicted molar refractivity (Wildman–Crippen MR) is 103 cm³/mol. The molecule has 1 heterocycles. The maximum absolute atomic E-state index is 12.9. The van der Waals surface area contributed by atoms with E-state index in [1.165, 1.54) is 25.1 Å². The van der Waals surface area contributed by atoms with Crippen molar-refractivity contribution in [3.63, 3.8) is 0 Å². The van der Waals surface area contributed by atoms with Gasteiger partial charge in [-0.25, -0.2) is 0 Å². The lowest BCUT2D eigenvalue weighted by Gasteiger charge is -2.33. The normalized spacial score (nSPS) is 17.6. The number of hydrogen-bond acceptors (Lipinski definition) is 6. The maximum Gasteiger partial charge on any atom is 0.346 e. The minimum Gasteiger partial charge on any atom is -0.377 e. The Morgan fingerprint density at radius 3 is 2.63 bits per heavy atom. The maximum atomic E-state index is 12.9. The summed E-state index contributed by atoms with van der Waals surface area (Å²) >= 11 is 0.